The number of carboxylic acids is 1. The predicted molar refractivity (Wildman–Crippen MR) is 135 cm³/mol. The minimum Gasteiger partial charge on any atom is -0.487 e. The maximum absolute atomic E-state index is 14.1. The van der Waals surface area contributed by atoms with E-state index in [1.54, 1.807) is 26.0 Å². The number of hydrogen-bond acceptors (Lipinski definition) is 4. The van der Waals surface area contributed by atoms with E-state index in [0.29, 0.717) is 11.4 Å². The van der Waals surface area contributed by atoms with Crippen molar-refractivity contribution >= 4 is 5.97 Å². The Morgan fingerprint density at radius 2 is 1.68 bits per heavy atom. The molecule has 9 heteroatoms. The summed E-state index contributed by atoms with van der Waals surface area (Å²) in [6.45, 7) is 3.16. The van der Waals surface area contributed by atoms with Crippen LogP contribution in [0.4, 0.5) is 13.2 Å². The molecule has 0 unspecified atom stereocenters. The van der Waals surface area contributed by atoms with Gasteiger partial charge in [0.2, 0.25) is 0 Å². The Labute approximate surface area is 217 Å². The van der Waals surface area contributed by atoms with E-state index in [1.165, 1.54) is 12.3 Å². The summed E-state index contributed by atoms with van der Waals surface area (Å²) < 4.78 is 47.8. The summed E-state index contributed by atoms with van der Waals surface area (Å²) >= 11 is 0. The lowest BCUT2D eigenvalue weighted by Gasteiger charge is -2.19. The molecule has 4 rings (SSSR count). The molecule has 2 N–H and O–H groups in total. The van der Waals surface area contributed by atoms with Crippen LogP contribution >= 0.6 is 0 Å². The number of benzene rings is 3. The van der Waals surface area contributed by atoms with E-state index in [9.17, 15) is 23.2 Å². The number of carbonyl (C=O) groups is 1. The van der Waals surface area contributed by atoms with E-state index in [2.05, 4.69) is 9.97 Å². The molecule has 0 fully saturated rings. The van der Waals surface area contributed by atoms with Crippen LogP contribution in [0.25, 0.3) is 22.4 Å². The smallest absolute Gasteiger partial charge is 0.420 e. The summed E-state index contributed by atoms with van der Waals surface area (Å²) in [5, 5.41) is 18.8. The number of aromatic nitrogens is 2. The molecule has 0 spiro atoms. The van der Waals surface area contributed by atoms with Gasteiger partial charge in [-0.25, -0.2) is 4.98 Å². The second-order valence-corrected chi connectivity index (χ2v) is 9.46. The van der Waals surface area contributed by atoms with Gasteiger partial charge in [0.15, 0.2) is 0 Å². The Hall–Kier alpha value is -4.58. The molecule has 6 nitrogen and oxygen atoms in total. The van der Waals surface area contributed by atoms with Crippen LogP contribution in [0.3, 0.4) is 0 Å². The molecule has 0 aliphatic rings. The normalized spacial score (nSPS) is 11.7. The summed E-state index contributed by atoms with van der Waals surface area (Å²) in [6, 6.07) is 20.9. The topological polar surface area (TPSA) is 99.0 Å². The molecule has 0 radical (unpaired) electrons. The lowest BCUT2D eigenvalue weighted by Crippen LogP contribution is -2.23. The van der Waals surface area contributed by atoms with Crippen LogP contribution in [0.1, 0.15) is 42.8 Å². The SMILES string of the molecule is CC(C)(CC(=O)O)c1ncc(-c2cc(C#N)c(OCc3ccc(-c4ccccc4)cc3)c(C(F)(F)F)c2)[nH]1. The van der Waals surface area contributed by atoms with E-state index >= 15 is 0 Å². The third-order valence-electron chi connectivity index (χ3n) is 6.08. The summed E-state index contributed by atoms with van der Waals surface area (Å²) in [5.74, 6) is -1.28. The van der Waals surface area contributed by atoms with Crippen molar-refractivity contribution in [1.29, 1.82) is 5.26 Å². The zero-order valence-corrected chi connectivity index (χ0v) is 20.6. The van der Waals surface area contributed by atoms with Crippen LogP contribution in [0.5, 0.6) is 5.75 Å². The molecule has 1 heterocycles. The number of alkyl halides is 3. The lowest BCUT2D eigenvalue weighted by molar-refractivity contribution is -0.139. The number of ether oxygens (including phenoxy) is 1. The fourth-order valence-electron chi connectivity index (χ4n) is 4.09. The average Bonchev–Trinajstić information content (AvgIpc) is 3.38. The number of hydrogen-bond donors (Lipinski definition) is 2. The van der Waals surface area contributed by atoms with Crippen LogP contribution in [0.2, 0.25) is 0 Å². The molecule has 38 heavy (non-hydrogen) atoms. The lowest BCUT2D eigenvalue weighted by atomic mass is 9.88. The summed E-state index contributed by atoms with van der Waals surface area (Å²) in [7, 11) is 0. The highest BCUT2D eigenvalue weighted by molar-refractivity contribution is 5.69. The number of aliphatic carboxylic acids is 1. The number of nitrogens with zero attached hydrogens (tertiary/aromatic N) is 2. The molecule has 3 aromatic carbocycles. The van der Waals surface area contributed by atoms with E-state index in [1.807, 2.05) is 48.5 Å². The minimum absolute atomic E-state index is 0.0818. The van der Waals surface area contributed by atoms with Crippen LogP contribution < -0.4 is 4.74 Å². The average molecular weight is 520 g/mol. The van der Waals surface area contributed by atoms with E-state index < -0.39 is 28.9 Å². The van der Waals surface area contributed by atoms with Gasteiger partial charge in [0, 0.05) is 11.0 Å². The van der Waals surface area contributed by atoms with E-state index in [4.69, 9.17) is 9.84 Å². The highest BCUT2D eigenvalue weighted by Crippen LogP contribution is 2.41. The molecule has 0 bridgehead atoms. The fourth-order valence-corrected chi connectivity index (χ4v) is 4.09. The molecule has 1 aromatic heterocycles. The van der Waals surface area contributed by atoms with Gasteiger partial charge >= 0.3 is 12.1 Å². The van der Waals surface area contributed by atoms with Gasteiger partial charge in [-0.15, -0.1) is 0 Å². The van der Waals surface area contributed by atoms with Crippen LogP contribution in [-0.2, 0) is 23.0 Å². The maximum atomic E-state index is 14.1. The van der Waals surface area contributed by atoms with Gasteiger partial charge in [-0.2, -0.15) is 18.4 Å². The number of nitrogens with one attached hydrogen (secondary N) is 1. The molecule has 0 amide bonds. The number of carboxylic acid groups (broad SMARTS) is 1. The molecule has 0 aliphatic heterocycles. The molecule has 0 aliphatic carbocycles. The Kier molecular flexibility index (Phi) is 7.26. The first-order valence-electron chi connectivity index (χ1n) is 11.7. The standard InChI is InChI=1S/C29H24F3N3O3/c1-28(2,14-25(36)37)27-34-16-24(35-27)21-12-22(15-33)26(23(13-21)29(30,31)32)38-17-18-8-10-20(11-9-18)19-6-4-3-5-7-19/h3-13,16H,14,17H2,1-2H3,(H,34,35)(H,36,37). The molecule has 4 aromatic rings. The first-order chi connectivity index (χ1) is 18.0. The highest BCUT2D eigenvalue weighted by atomic mass is 19.4. The van der Waals surface area contributed by atoms with Crippen molar-refractivity contribution in [1.82, 2.24) is 9.97 Å². The second kappa shape index (κ2) is 10.4. The Bertz CT molecular complexity index is 1490. The maximum Gasteiger partial charge on any atom is 0.420 e. The zero-order chi connectivity index (χ0) is 27.5. The van der Waals surface area contributed by atoms with Crippen molar-refractivity contribution in [2.75, 3.05) is 0 Å². The number of imidazole rings is 1. The van der Waals surface area contributed by atoms with Gasteiger partial charge in [0.1, 0.15) is 24.3 Å². The number of rotatable bonds is 8. The van der Waals surface area contributed by atoms with Gasteiger partial charge in [-0.3, -0.25) is 4.79 Å². The Balaban J connectivity index is 1.63. The minimum atomic E-state index is -4.79. The molecule has 0 saturated heterocycles. The number of nitriles is 1. The van der Waals surface area contributed by atoms with Crippen molar-refractivity contribution in [3.05, 3.63) is 95.4 Å². The third kappa shape index (κ3) is 5.86. The Morgan fingerprint density at radius 1 is 1.03 bits per heavy atom. The van der Waals surface area contributed by atoms with E-state index in [0.717, 1.165) is 17.2 Å². The van der Waals surface area contributed by atoms with Crippen molar-refractivity contribution in [2.24, 2.45) is 0 Å². The van der Waals surface area contributed by atoms with Gasteiger partial charge in [0.25, 0.3) is 0 Å². The van der Waals surface area contributed by atoms with Crippen molar-refractivity contribution in [2.45, 2.75) is 38.5 Å². The second-order valence-electron chi connectivity index (χ2n) is 9.46. The van der Waals surface area contributed by atoms with E-state index in [-0.39, 0.29) is 29.8 Å². The van der Waals surface area contributed by atoms with Gasteiger partial charge < -0.3 is 14.8 Å². The van der Waals surface area contributed by atoms with Gasteiger partial charge in [-0.05, 0) is 28.8 Å². The molecular formula is C29H24F3N3O3. The first kappa shape index (κ1) is 26.5. The number of halogens is 3. The molecule has 0 saturated carbocycles. The summed E-state index contributed by atoms with van der Waals surface area (Å²) in [6.07, 6.45) is -3.69. The summed E-state index contributed by atoms with van der Waals surface area (Å²) in [5.41, 5.74) is 0.665. The molecule has 194 valence electrons. The van der Waals surface area contributed by atoms with Crippen molar-refractivity contribution < 1.29 is 27.8 Å². The van der Waals surface area contributed by atoms with Crippen molar-refractivity contribution in [3.8, 4) is 34.2 Å². The highest BCUT2D eigenvalue weighted by Gasteiger charge is 2.37. The first-order valence-corrected chi connectivity index (χ1v) is 11.7. The Morgan fingerprint density at radius 3 is 2.29 bits per heavy atom. The monoisotopic (exact) mass is 519 g/mol. The van der Waals surface area contributed by atoms with Gasteiger partial charge in [0.05, 0.1) is 29.4 Å². The largest absolute Gasteiger partial charge is 0.487 e. The van der Waals surface area contributed by atoms with Gasteiger partial charge in [-0.1, -0.05) is 68.4 Å². The zero-order valence-electron chi connectivity index (χ0n) is 20.6. The van der Waals surface area contributed by atoms with Crippen LogP contribution in [0, 0.1) is 11.3 Å². The van der Waals surface area contributed by atoms with Crippen molar-refractivity contribution in [3.63, 3.8) is 0 Å². The van der Waals surface area contributed by atoms with Crippen LogP contribution in [0.15, 0.2) is 72.9 Å². The third-order valence-corrected chi connectivity index (χ3v) is 6.08. The number of aromatic amines is 1. The molecule has 0 atom stereocenters. The fraction of sp³-hybridized carbons (Fsp3) is 0.207. The number of H-pyrrole nitrogens is 1. The predicted octanol–water partition coefficient (Wildman–Crippen LogP) is 6.97. The quantitative estimate of drug-likeness (QED) is 0.262. The summed E-state index contributed by atoms with van der Waals surface area (Å²) in [4.78, 5) is 18.3. The van der Waals surface area contributed by atoms with Crippen LogP contribution in [-0.4, -0.2) is 21.0 Å². The molecular weight excluding hydrogens is 495 g/mol.